The molecular weight excluding hydrogens is 427 g/mol. The van der Waals surface area contributed by atoms with Crippen LogP contribution in [0, 0.1) is 17.5 Å². The summed E-state index contributed by atoms with van der Waals surface area (Å²) in [5.41, 5.74) is 1.69. The normalized spacial score (nSPS) is 17.6. The van der Waals surface area contributed by atoms with Crippen LogP contribution in [0.25, 0.3) is 0 Å². The summed E-state index contributed by atoms with van der Waals surface area (Å²) in [6.45, 7) is 3.21. The number of hydrogen-bond donors (Lipinski definition) is 1. The van der Waals surface area contributed by atoms with Crippen LogP contribution in [-0.2, 0) is 11.3 Å². The highest BCUT2D eigenvalue weighted by molar-refractivity contribution is 5.86. The Morgan fingerprint density at radius 2 is 1.61 bits per heavy atom. The van der Waals surface area contributed by atoms with Gasteiger partial charge in [-0.1, -0.05) is 36.4 Å². The van der Waals surface area contributed by atoms with E-state index in [1.54, 1.807) is 12.1 Å². The third-order valence-electron chi connectivity index (χ3n) is 6.03. The van der Waals surface area contributed by atoms with Crippen LogP contribution in [0.2, 0.25) is 0 Å². The number of nitrogens with zero attached hydrogens (tertiary/aromatic N) is 2. The van der Waals surface area contributed by atoms with E-state index in [9.17, 15) is 18.0 Å². The molecule has 0 bridgehead atoms. The summed E-state index contributed by atoms with van der Waals surface area (Å²) in [4.78, 5) is 17.2. The van der Waals surface area contributed by atoms with E-state index < -0.39 is 17.7 Å². The van der Waals surface area contributed by atoms with Crippen molar-refractivity contribution in [2.75, 3.05) is 24.5 Å². The summed E-state index contributed by atoms with van der Waals surface area (Å²) >= 11 is 0. The lowest BCUT2D eigenvalue weighted by atomic mass is 10.1. The third-order valence-corrected chi connectivity index (χ3v) is 6.03. The minimum absolute atomic E-state index is 0.00968. The van der Waals surface area contributed by atoms with Crippen LogP contribution in [-0.4, -0.2) is 36.5 Å². The lowest BCUT2D eigenvalue weighted by Crippen LogP contribution is -2.59. The summed E-state index contributed by atoms with van der Waals surface area (Å²) in [5, 5.41) is 3.05. The maximum Gasteiger partial charge on any atom is 0.244 e. The maximum atomic E-state index is 14.2. The number of amides is 1. The second-order valence-corrected chi connectivity index (χ2v) is 8.26. The summed E-state index contributed by atoms with van der Waals surface area (Å²) in [5.74, 6) is -1.76. The van der Waals surface area contributed by atoms with Crippen LogP contribution >= 0.6 is 0 Å². The molecule has 1 N–H and O–H groups in total. The number of carbonyl (C=O) groups is 1. The van der Waals surface area contributed by atoms with Crippen molar-refractivity contribution < 1.29 is 18.0 Å². The lowest BCUT2D eigenvalue weighted by molar-refractivity contribution is -0.124. The smallest absolute Gasteiger partial charge is 0.244 e. The van der Waals surface area contributed by atoms with E-state index in [1.807, 2.05) is 47.1 Å². The predicted octanol–water partition coefficient (Wildman–Crippen LogP) is 4.67. The van der Waals surface area contributed by atoms with Gasteiger partial charge in [-0.15, -0.1) is 0 Å². The van der Waals surface area contributed by atoms with Crippen molar-refractivity contribution in [2.24, 2.45) is 0 Å². The van der Waals surface area contributed by atoms with Crippen molar-refractivity contribution in [3.05, 3.63) is 101 Å². The number of anilines is 1. The van der Waals surface area contributed by atoms with Crippen LogP contribution in [0.5, 0.6) is 0 Å². The van der Waals surface area contributed by atoms with Crippen molar-refractivity contribution in [2.45, 2.75) is 25.6 Å². The van der Waals surface area contributed by atoms with E-state index in [1.165, 1.54) is 30.3 Å². The second kappa shape index (κ2) is 10.1. The third kappa shape index (κ3) is 5.37. The fourth-order valence-corrected chi connectivity index (χ4v) is 4.19. The molecule has 0 aliphatic carbocycles. The largest absolute Gasteiger partial charge is 0.357 e. The van der Waals surface area contributed by atoms with Crippen molar-refractivity contribution in [3.63, 3.8) is 0 Å². The highest BCUT2D eigenvalue weighted by Gasteiger charge is 2.34. The van der Waals surface area contributed by atoms with Gasteiger partial charge in [0.25, 0.3) is 0 Å². The molecule has 7 heteroatoms. The van der Waals surface area contributed by atoms with Crippen LogP contribution in [0.1, 0.15) is 24.1 Å². The lowest BCUT2D eigenvalue weighted by Gasteiger charge is -2.42. The van der Waals surface area contributed by atoms with Gasteiger partial charge in [-0.05, 0) is 48.9 Å². The topological polar surface area (TPSA) is 35.6 Å². The Kier molecular flexibility index (Phi) is 6.99. The minimum Gasteiger partial charge on any atom is -0.357 e. The van der Waals surface area contributed by atoms with Crippen LogP contribution < -0.4 is 10.2 Å². The standard InChI is InChI=1S/C26H26F3N3O/c1-18(19-6-3-2-4-7-19)30-26(33)25-17-31(16-22-23(28)8-5-9-24(22)29)14-15-32(25)21-12-10-20(27)11-13-21/h2-13,18,25H,14-17H2,1H3,(H,30,33)/t18-,25+/m1/s1. The molecule has 1 amide bonds. The molecule has 33 heavy (non-hydrogen) atoms. The first kappa shape index (κ1) is 22.9. The molecular formula is C26H26F3N3O. The molecule has 0 unspecified atom stereocenters. The maximum absolute atomic E-state index is 14.2. The summed E-state index contributed by atoms with van der Waals surface area (Å²) in [7, 11) is 0. The number of halogens is 3. The average Bonchev–Trinajstić information content (AvgIpc) is 2.82. The summed E-state index contributed by atoms with van der Waals surface area (Å²) < 4.78 is 41.9. The van der Waals surface area contributed by atoms with Crippen LogP contribution in [0.3, 0.4) is 0 Å². The van der Waals surface area contributed by atoms with Crippen molar-refractivity contribution in [3.8, 4) is 0 Å². The second-order valence-electron chi connectivity index (χ2n) is 8.26. The Bertz CT molecular complexity index is 1070. The van der Waals surface area contributed by atoms with Crippen molar-refractivity contribution in [1.29, 1.82) is 0 Å². The first-order valence-electron chi connectivity index (χ1n) is 10.9. The van der Waals surface area contributed by atoms with E-state index in [2.05, 4.69) is 5.32 Å². The van der Waals surface area contributed by atoms with E-state index in [4.69, 9.17) is 0 Å². The predicted molar refractivity (Wildman–Crippen MR) is 122 cm³/mol. The van der Waals surface area contributed by atoms with Crippen molar-refractivity contribution >= 4 is 11.6 Å². The molecule has 0 radical (unpaired) electrons. The Labute approximate surface area is 191 Å². The molecule has 0 saturated carbocycles. The highest BCUT2D eigenvalue weighted by Crippen LogP contribution is 2.24. The van der Waals surface area contributed by atoms with Gasteiger partial charge in [-0.2, -0.15) is 0 Å². The molecule has 1 heterocycles. The van der Waals surface area contributed by atoms with E-state index in [-0.39, 0.29) is 36.4 Å². The molecule has 0 spiro atoms. The molecule has 3 aromatic rings. The van der Waals surface area contributed by atoms with Gasteiger partial charge in [-0.3, -0.25) is 9.69 Å². The van der Waals surface area contributed by atoms with Gasteiger partial charge in [0.2, 0.25) is 5.91 Å². The van der Waals surface area contributed by atoms with Crippen LogP contribution in [0.15, 0.2) is 72.8 Å². The van der Waals surface area contributed by atoms with Gasteiger partial charge in [0.1, 0.15) is 23.5 Å². The average molecular weight is 454 g/mol. The molecule has 1 fully saturated rings. The fourth-order valence-electron chi connectivity index (χ4n) is 4.19. The first-order valence-corrected chi connectivity index (χ1v) is 10.9. The van der Waals surface area contributed by atoms with Crippen molar-refractivity contribution in [1.82, 2.24) is 10.2 Å². The van der Waals surface area contributed by atoms with E-state index in [0.717, 1.165) is 11.3 Å². The molecule has 4 rings (SSSR count). The zero-order valence-corrected chi connectivity index (χ0v) is 18.3. The highest BCUT2D eigenvalue weighted by atomic mass is 19.1. The number of rotatable bonds is 6. The Balaban J connectivity index is 1.55. The molecule has 1 saturated heterocycles. The van der Waals surface area contributed by atoms with Gasteiger partial charge in [0.05, 0.1) is 6.04 Å². The molecule has 3 aromatic carbocycles. The molecule has 0 aromatic heterocycles. The van der Waals surface area contributed by atoms with Gasteiger partial charge >= 0.3 is 0 Å². The molecule has 1 aliphatic rings. The molecule has 2 atom stereocenters. The van der Waals surface area contributed by atoms with Gasteiger partial charge < -0.3 is 10.2 Å². The minimum atomic E-state index is -0.606. The molecule has 172 valence electrons. The SMILES string of the molecule is C[C@@H](NC(=O)[C@@H]1CN(Cc2c(F)cccc2F)CCN1c1ccc(F)cc1)c1ccccc1. The van der Waals surface area contributed by atoms with E-state index >= 15 is 0 Å². The zero-order valence-electron chi connectivity index (χ0n) is 18.3. The molecule has 4 nitrogen and oxygen atoms in total. The number of benzene rings is 3. The summed E-state index contributed by atoms with van der Waals surface area (Å²) in [6, 6.07) is 18.6. The number of piperazine rings is 1. The number of hydrogen-bond acceptors (Lipinski definition) is 3. The Morgan fingerprint density at radius 1 is 0.939 bits per heavy atom. The van der Waals surface area contributed by atoms with Gasteiger partial charge in [0, 0.05) is 37.4 Å². The van der Waals surface area contributed by atoms with E-state index in [0.29, 0.717) is 13.1 Å². The fraction of sp³-hybridized carbons (Fsp3) is 0.269. The quantitative estimate of drug-likeness (QED) is 0.589. The first-order chi connectivity index (χ1) is 15.9. The number of carbonyl (C=O) groups excluding carboxylic acids is 1. The Morgan fingerprint density at radius 3 is 2.27 bits per heavy atom. The van der Waals surface area contributed by atoms with Gasteiger partial charge in [0.15, 0.2) is 0 Å². The molecule has 1 aliphatic heterocycles. The monoisotopic (exact) mass is 453 g/mol. The number of nitrogens with one attached hydrogen (secondary N) is 1. The zero-order chi connectivity index (χ0) is 23.4. The van der Waals surface area contributed by atoms with Gasteiger partial charge in [-0.25, -0.2) is 13.2 Å². The Hall–Kier alpha value is -3.32. The van der Waals surface area contributed by atoms with Crippen LogP contribution in [0.4, 0.5) is 18.9 Å². The summed E-state index contributed by atoms with van der Waals surface area (Å²) in [6.07, 6.45) is 0.